The summed E-state index contributed by atoms with van der Waals surface area (Å²) in [5.41, 5.74) is -1.43. The number of alkyl halides is 1. The number of rotatable bonds is 10. The number of ether oxygens (including phenoxy) is 2. The monoisotopic (exact) mass is 529 g/mol. The number of carbonyl (C=O) groups excluding carboxylic acids is 1. The summed E-state index contributed by atoms with van der Waals surface area (Å²) in [6.45, 7) is 5.49. The van der Waals surface area contributed by atoms with Gasteiger partial charge in [-0.25, -0.2) is 13.8 Å². The van der Waals surface area contributed by atoms with Crippen LogP contribution >= 0.6 is 7.75 Å². The minimum Gasteiger partial charge on any atom is -0.462 e. The first-order chi connectivity index (χ1) is 16.9. The third-order valence-electron chi connectivity index (χ3n) is 5.15. The molecule has 1 fully saturated rings. The molecule has 3 N–H and O–H groups in total. The Labute approximate surface area is 205 Å². The number of H-pyrrole nitrogens is 1. The van der Waals surface area contributed by atoms with Crippen LogP contribution in [0.15, 0.2) is 46.1 Å². The number of aromatic nitrogens is 2. The number of halogens is 1. The maximum Gasteiger partial charge on any atom is 0.459 e. The highest BCUT2D eigenvalue weighted by molar-refractivity contribution is 7.52. The van der Waals surface area contributed by atoms with Crippen molar-refractivity contribution in [2.45, 2.75) is 64.4 Å². The summed E-state index contributed by atoms with van der Waals surface area (Å²) in [5, 5.41) is 12.8. The molecule has 198 valence electrons. The predicted molar refractivity (Wildman–Crippen MR) is 125 cm³/mol. The fraction of sp³-hybridized carbons (Fsp3) is 0.500. The summed E-state index contributed by atoms with van der Waals surface area (Å²) in [6.07, 6.45) is -6.07. The Morgan fingerprint density at radius 3 is 2.58 bits per heavy atom. The molecule has 0 saturated carbocycles. The highest BCUT2D eigenvalue weighted by Gasteiger charge is 2.47. The number of benzene rings is 1. The zero-order valence-electron chi connectivity index (χ0n) is 20.1. The van der Waals surface area contributed by atoms with Crippen molar-refractivity contribution >= 4 is 13.7 Å². The van der Waals surface area contributed by atoms with Crippen LogP contribution in [0.2, 0.25) is 0 Å². The average Bonchev–Trinajstić information content (AvgIpc) is 3.08. The van der Waals surface area contributed by atoms with Crippen LogP contribution in [0.5, 0.6) is 5.75 Å². The highest BCUT2D eigenvalue weighted by Crippen LogP contribution is 2.46. The van der Waals surface area contributed by atoms with Crippen LogP contribution in [0.4, 0.5) is 4.39 Å². The van der Waals surface area contributed by atoms with Crippen LogP contribution < -0.4 is 20.9 Å². The van der Waals surface area contributed by atoms with Gasteiger partial charge in [-0.05, 0) is 39.8 Å². The molecule has 2 unspecified atom stereocenters. The van der Waals surface area contributed by atoms with Gasteiger partial charge in [0.1, 0.15) is 24.0 Å². The maximum atomic E-state index is 14.9. The molecule has 0 bridgehead atoms. The first-order valence-corrected chi connectivity index (χ1v) is 12.7. The van der Waals surface area contributed by atoms with Gasteiger partial charge in [-0.1, -0.05) is 18.2 Å². The zero-order valence-corrected chi connectivity index (χ0v) is 21.0. The average molecular weight is 529 g/mol. The number of nitrogens with zero attached hydrogens (tertiary/aromatic N) is 1. The van der Waals surface area contributed by atoms with Crippen molar-refractivity contribution in [3.05, 3.63) is 62.9 Å². The van der Waals surface area contributed by atoms with Crippen LogP contribution in [0, 0.1) is 6.92 Å². The Morgan fingerprint density at radius 2 is 1.94 bits per heavy atom. The van der Waals surface area contributed by atoms with Crippen LogP contribution in [-0.4, -0.2) is 57.8 Å². The molecule has 3 rings (SSSR count). The molecule has 14 heteroatoms. The quantitative estimate of drug-likeness (QED) is 0.305. The van der Waals surface area contributed by atoms with E-state index < -0.39 is 68.3 Å². The van der Waals surface area contributed by atoms with Crippen molar-refractivity contribution in [2.75, 3.05) is 6.61 Å². The number of esters is 1. The lowest BCUT2D eigenvalue weighted by Crippen LogP contribution is -2.37. The Morgan fingerprint density at radius 1 is 1.28 bits per heavy atom. The number of aromatic amines is 1. The molecule has 0 amide bonds. The molecule has 12 nitrogen and oxygen atoms in total. The van der Waals surface area contributed by atoms with E-state index in [9.17, 15) is 28.4 Å². The van der Waals surface area contributed by atoms with E-state index in [1.165, 1.54) is 26.0 Å². The SMILES string of the molecule is Cc1cn([C@H]2OC(COP(=O)(N[C@@H](C)C(=O)OC(C)C)Oc3ccccc3)[C@H](O)[C@H]2F)c(=O)[nH]c1=O. The zero-order chi connectivity index (χ0) is 26.6. The topological polar surface area (TPSA) is 158 Å². The third-order valence-corrected chi connectivity index (χ3v) is 6.79. The number of nitrogens with one attached hydrogen (secondary N) is 2. The number of para-hydroxylation sites is 1. The lowest BCUT2D eigenvalue weighted by atomic mass is 10.1. The molecular weight excluding hydrogens is 500 g/mol. The minimum absolute atomic E-state index is 0.131. The molecule has 1 saturated heterocycles. The van der Waals surface area contributed by atoms with Gasteiger partial charge in [0.15, 0.2) is 12.4 Å². The molecule has 2 heterocycles. The predicted octanol–water partition coefficient (Wildman–Crippen LogP) is 1.57. The van der Waals surface area contributed by atoms with E-state index in [4.69, 9.17) is 18.5 Å². The smallest absolute Gasteiger partial charge is 0.459 e. The van der Waals surface area contributed by atoms with E-state index in [1.54, 1.807) is 32.0 Å². The van der Waals surface area contributed by atoms with Gasteiger partial charge < -0.3 is 19.1 Å². The summed E-state index contributed by atoms with van der Waals surface area (Å²) in [4.78, 5) is 38.0. The molecule has 1 aromatic heterocycles. The Kier molecular flexibility index (Phi) is 8.85. The van der Waals surface area contributed by atoms with Gasteiger partial charge in [0, 0.05) is 11.8 Å². The second-order valence-corrected chi connectivity index (χ2v) is 10.2. The lowest BCUT2D eigenvalue weighted by Gasteiger charge is -2.25. The third kappa shape index (κ3) is 6.68. The van der Waals surface area contributed by atoms with Crippen molar-refractivity contribution in [3.63, 3.8) is 0 Å². The van der Waals surface area contributed by atoms with Gasteiger partial charge in [0.25, 0.3) is 5.56 Å². The summed E-state index contributed by atoms with van der Waals surface area (Å²) in [6, 6.07) is 6.87. The second-order valence-electron chi connectivity index (χ2n) is 8.51. The number of aliphatic hydroxyl groups is 1. The van der Waals surface area contributed by atoms with E-state index in [2.05, 4.69) is 5.09 Å². The van der Waals surface area contributed by atoms with Crippen LogP contribution in [0.3, 0.4) is 0 Å². The fourth-order valence-electron chi connectivity index (χ4n) is 3.35. The molecular formula is C22H29FN3O9P. The van der Waals surface area contributed by atoms with Gasteiger partial charge >= 0.3 is 19.4 Å². The van der Waals surface area contributed by atoms with Crippen LogP contribution in [0.1, 0.15) is 32.6 Å². The minimum atomic E-state index is -4.29. The first-order valence-electron chi connectivity index (χ1n) is 11.2. The summed E-state index contributed by atoms with van der Waals surface area (Å²) in [5.74, 6) is -0.554. The van der Waals surface area contributed by atoms with E-state index >= 15 is 0 Å². The molecule has 1 aliphatic heterocycles. The highest BCUT2D eigenvalue weighted by atomic mass is 31.2. The summed E-state index contributed by atoms with van der Waals surface area (Å²) in [7, 11) is -4.29. The Hall–Kier alpha value is -2.83. The van der Waals surface area contributed by atoms with E-state index in [0.717, 1.165) is 10.8 Å². The molecule has 1 aliphatic rings. The lowest BCUT2D eigenvalue weighted by molar-refractivity contribution is -0.149. The number of hydrogen-bond acceptors (Lipinski definition) is 9. The standard InChI is InChI=1S/C22H29FN3O9P/c1-12(2)33-21(29)14(4)25-36(31,35-15-8-6-5-7-9-15)32-11-16-18(27)17(23)20(34-16)26-10-13(3)19(28)24-22(26)30/h5-10,12,14,16-18,20,27H,11H2,1-4H3,(H,25,31)(H,24,28,30)/t14-,16?,17+,18-,20-,36?/m0/s1. The summed E-state index contributed by atoms with van der Waals surface area (Å²) >= 11 is 0. The molecule has 6 atom stereocenters. The van der Waals surface area contributed by atoms with Gasteiger partial charge in [-0.15, -0.1) is 0 Å². The summed E-state index contributed by atoms with van der Waals surface area (Å²) < 4.78 is 50.7. The largest absolute Gasteiger partial charge is 0.462 e. The van der Waals surface area contributed by atoms with Crippen LogP contribution in [0.25, 0.3) is 0 Å². The van der Waals surface area contributed by atoms with Gasteiger partial charge in [-0.3, -0.25) is 23.7 Å². The molecule has 36 heavy (non-hydrogen) atoms. The van der Waals surface area contributed by atoms with E-state index in [1.807, 2.05) is 4.98 Å². The molecule has 0 radical (unpaired) electrons. The number of aryl methyl sites for hydroxylation is 1. The van der Waals surface area contributed by atoms with Crippen molar-refractivity contribution in [1.82, 2.24) is 14.6 Å². The first kappa shape index (κ1) is 27.8. The Balaban J connectivity index is 1.77. The second kappa shape index (κ2) is 11.5. The molecule has 2 aromatic rings. The van der Waals surface area contributed by atoms with Gasteiger partial charge in [0.2, 0.25) is 0 Å². The van der Waals surface area contributed by atoms with Crippen molar-refractivity contribution < 1.29 is 37.4 Å². The molecule has 0 spiro atoms. The molecule has 1 aromatic carbocycles. The van der Waals surface area contributed by atoms with Crippen molar-refractivity contribution in [3.8, 4) is 5.75 Å². The van der Waals surface area contributed by atoms with Gasteiger partial charge in [-0.2, -0.15) is 5.09 Å². The number of hydrogen-bond donors (Lipinski definition) is 3. The number of aliphatic hydroxyl groups excluding tert-OH is 1. The van der Waals surface area contributed by atoms with E-state index in [-0.39, 0.29) is 11.3 Å². The normalized spacial score (nSPS) is 24.3. The van der Waals surface area contributed by atoms with Crippen molar-refractivity contribution in [1.29, 1.82) is 0 Å². The molecule has 0 aliphatic carbocycles. The van der Waals surface area contributed by atoms with E-state index in [0.29, 0.717) is 0 Å². The maximum absolute atomic E-state index is 14.9. The van der Waals surface area contributed by atoms with Gasteiger partial charge in [0.05, 0.1) is 12.7 Å². The number of carbonyl (C=O) groups is 1. The van der Waals surface area contributed by atoms with Crippen LogP contribution in [-0.2, 0) is 23.4 Å². The van der Waals surface area contributed by atoms with Crippen molar-refractivity contribution in [2.24, 2.45) is 0 Å². The fourth-order valence-corrected chi connectivity index (χ4v) is 4.85. The Bertz CT molecular complexity index is 1220.